The molecule has 3 fully saturated rings. The van der Waals surface area contributed by atoms with Gasteiger partial charge in [-0.1, -0.05) is 60.7 Å². The average molecular weight is 520 g/mol. The highest BCUT2D eigenvalue weighted by molar-refractivity contribution is 7.85. The molecular formula is C30H35N2O4S+. The van der Waals surface area contributed by atoms with Gasteiger partial charge in [0.25, 0.3) is 0 Å². The number of pyridine rings is 1. The van der Waals surface area contributed by atoms with Crippen LogP contribution in [0.2, 0.25) is 0 Å². The molecule has 194 valence electrons. The second-order valence-corrected chi connectivity index (χ2v) is 11.9. The van der Waals surface area contributed by atoms with Crippen molar-refractivity contribution >= 4 is 21.0 Å². The summed E-state index contributed by atoms with van der Waals surface area (Å²) in [5, 5.41) is 1.13. The minimum absolute atomic E-state index is 0.190. The molecule has 0 saturated carbocycles. The zero-order valence-electron chi connectivity index (χ0n) is 21.0. The van der Waals surface area contributed by atoms with E-state index in [2.05, 4.69) is 66.2 Å². The predicted octanol–water partition coefficient (Wildman–Crippen LogP) is 4.42. The highest BCUT2D eigenvalue weighted by Crippen LogP contribution is 2.49. The number of hydrogen-bond acceptors (Lipinski definition) is 4. The number of para-hydroxylation sites is 1. The Morgan fingerprint density at radius 2 is 1.89 bits per heavy atom. The first-order valence-electron chi connectivity index (χ1n) is 13.0. The summed E-state index contributed by atoms with van der Waals surface area (Å²) in [5.41, 5.74) is 3.51. The molecular weight excluding hydrogens is 484 g/mol. The third-order valence-corrected chi connectivity index (χ3v) is 8.85. The number of hydrogen-bond donors (Lipinski definition) is 0. The maximum atomic E-state index is 11.0. The molecule has 0 amide bonds. The van der Waals surface area contributed by atoms with E-state index in [1.165, 1.54) is 18.1 Å². The molecule has 3 aliphatic heterocycles. The number of fused-ring (bicyclic) bond motifs is 4. The molecule has 3 saturated heterocycles. The lowest BCUT2D eigenvalue weighted by molar-refractivity contribution is -0.985. The maximum absolute atomic E-state index is 11.0. The van der Waals surface area contributed by atoms with Crippen molar-refractivity contribution < 1.29 is 27.2 Å². The summed E-state index contributed by atoms with van der Waals surface area (Å²) in [4.78, 5) is 3.35. The normalized spacial score (nSPS) is 26.5. The summed E-state index contributed by atoms with van der Waals surface area (Å²) in [7, 11) is -4.30. The Hall–Kier alpha value is -2.84. The number of rotatable bonds is 10. The van der Waals surface area contributed by atoms with E-state index in [-0.39, 0.29) is 18.8 Å². The van der Waals surface area contributed by atoms with Crippen molar-refractivity contribution in [2.24, 2.45) is 11.8 Å². The molecule has 5 atom stereocenters. The van der Waals surface area contributed by atoms with Crippen molar-refractivity contribution in [2.75, 3.05) is 25.4 Å². The van der Waals surface area contributed by atoms with Crippen LogP contribution in [0.5, 0.6) is 0 Å². The number of aromatic nitrogens is 1. The summed E-state index contributed by atoms with van der Waals surface area (Å²) in [5.74, 6) is 0.537. The number of piperidine rings is 3. The van der Waals surface area contributed by atoms with Gasteiger partial charge in [0, 0.05) is 42.0 Å². The first-order chi connectivity index (χ1) is 17.9. The van der Waals surface area contributed by atoms with Gasteiger partial charge < -0.3 is 13.8 Å². The number of benzene rings is 2. The van der Waals surface area contributed by atoms with Gasteiger partial charge in [0.15, 0.2) is 6.20 Å². The van der Waals surface area contributed by atoms with E-state index in [0.717, 1.165) is 47.0 Å². The number of H-pyrrole nitrogens is 1. The Kier molecular flexibility index (Phi) is 7.58. The molecule has 4 heterocycles. The fourth-order valence-electron chi connectivity index (χ4n) is 6.55. The third-order valence-electron chi connectivity index (χ3n) is 8.25. The van der Waals surface area contributed by atoms with Crippen LogP contribution in [0, 0.1) is 11.8 Å². The topological polar surface area (TPSA) is 80.6 Å². The van der Waals surface area contributed by atoms with Crippen molar-refractivity contribution in [1.82, 2.24) is 0 Å². The fraction of sp³-hybridized carbons (Fsp3) is 0.367. The van der Waals surface area contributed by atoms with Crippen LogP contribution in [0.25, 0.3) is 10.9 Å². The molecule has 37 heavy (non-hydrogen) atoms. The zero-order valence-corrected chi connectivity index (χ0v) is 21.9. The monoisotopic (exact) mass is 519 g/mol. The lowest BCUT2D eigenvalue weighted by Crippen LogP contribution is -2.67. The predicted molar refractivity (Wildman–Crippen MR) is 143 cm³/mol. The van der Waals surface area contributed by atoms with Crippen LogP contribution < -0.4 is 4.98 Å². The van der Waals surface area contributed by atoms with Crippen LogP contribution in [0.4, 0.5) is 0 Å². The SMILES string of the molecule is C=CC1C[N+]2(Cc3ccccc3)CCC1CC2[C@H](OC/C=C/CS(=O)(=O)[O-])c1cc[nH+]c2ccccc12. The van der Waals surface area contributed by atoms with Gasteiger partial charge in [0.05, 0.1) is 41.0 Å². The smallest absolute Gasteiger partial charge is 0.211 e. The maximum Gasteiger partial charge on any atom is 0.211 e. The summed E-state index contributed by atoms with van der Waals surface area (Å²) in [6.45, 7) is 7.47. The molecule has 0 aliphatic carbocycles. The molecule has 0 spiro atoms. The molecule has 6 rings (SSSR count). The minimum Gasteiger partial charge on any atom is -0.748 e. The van der Waals surface area contributed by atoms with Gasteiger partial charge in [-0.25, -0.2) is 13.4 Å². The summed E-state index contributed by atoms with van der Waals surface area (Å²) in [6, 6.07) is 21.3. The van der Waals surface area contributed by atoms with E-state index in [9.17, 15) is 13.0 Å². The van der Waals surface area contributed by atoms with Gasteiger partial charge >= 0.3 is 0 Å². The van der Waals surface area contributed by atoms with Crippen molar-refractivity contribution in [2.45, 2.75) is 31.5 Å². The summed E-state index contributed by atoms with van der Waals surface area (Å²) < 4.78 is 40.7. The van der Waals surface area contributed by atoms with Gasteiger partial charge in [-0.15, -0.1) is 6.58 Å². The Balaban J connectivity index is 1.54. The molecule has 4 unspecified atom stereocenters. The van der Waals surface area contributed by atoms with Crippen molar-refractivity contribution in [1.29, 1.82) is 0 Å². The number of aromatic amines is 1. The second-order valence-electron chi connectivity index (χ2n) is 10.4. The first kappa shape index (κ1) is 25.8. The van der Waals surface area contributed by atoms with Crippen LogP contribution in [-0.2, 0) is 21.4 Å². The first-order valence-corrected chi connectivity index (χ1v) is 14.6. The van der Waals surface area contributed by atoms with Crippen LogP contribution >= 0.6 is 0 Å². The molecule has 7 heteroatoms. The van der Waals surface area contributed by atoms with E-state index in [1.807, 2.05) is 18.3 Å². The molecule has 2 bridgehead atoms. The highest BCUT2D eigenvalue weighted by atomic mass is 32.2. The molecule has 0 radical (unpaired) electrons. The minimum atomic E-state index is -4.30. The Morgan fingerprint density at radius 1 is 1.11 bits per heavy atom. The van der Waals surface area contributed by atoms with E-state index in [4.69, 9.17) is 4.74 Å². The molecule has 3 aliphatic rings. The lowest BCUT2D eigenvalue weighted by atomic mass is 9.71. The number of nitrogens with zero attached hydrogens (tertiary/aromatic N) is 1. The highest BCUT2D eigenvalue weighted by Gasteiger charge is 2.54. The van der Waals surface area contributed by atoms with Gasteiger partial charge in [-0.3, -0.25) is 0 Å². The Bertz CT molecular complexity index is 1370. The van der Waals surface area contributed by atoms with Gasteiger partial charge in [-0.05, 0) is 12.0 Å². The largest absolute Gasteiger partial charge is 0.748 e. The van der Waals surface area contributed by atoms with E-state index in [0.29, 0.717) is 11.8 Å². The van der Waals surface area contributed by atoms with Crippen molar-refractivity contribution in [3.63, 3.8) is 0 Å². The van der Waals surface area contributed by atoms with E-state index < -0.39 is 15.9 Å². The Morgan fingerprint density at radius 3 is 2.68 bits per heavy atom. The molecule has 6 nitrogen and oxygen atoms in total. The molecule has 1 N–H and O–H groups in total. The number of quaternary nitrogens is 1. The van der Waals surface area contributed by atoms with Crippen molar-refractivity contribution in [3.8, 4) is 0 Å². The van der Waals surface area contributed by atoms with Crippen molar-refractivity contribution in [3.05, 3.63) is 103 Å². The van der Waals surface area contributed by atoms with E-state index in [1.54, 1.807) is 6.08 Å². The van der Waals surface area contributed by atoms with Crippen LogP contribution in [0.1, 0.15) is 30.1 Å². The van der Waals surface area contributed by atoms with E-state index >= 15 is 0 Å². The Labute approximate surface area is 219 Å². The van der Waals surface area contributed by atoms with Gasteiger partial charge in [-0.2, -0.15) is 0 Å². The average Bonchev–Trinajstić information content (AvgIpc) is 2.90. The summed E-state index contributed by atoms with van der Waals surface area (Å²) >= 11 is 0. The van der Waals surface area contributed by atoms with Gasteiger partial charge in [0.2, 0.25) is 5.52 Å². The lowest BCUT2D eigenvalue weighted by Gasteiger charge is -2.58. The van der Waals surface area contributed by atoms with Gasteiger partial charge in [0.1, 0.15) is 18.7 Å². The quantitative estimate of drug-likeness (QED) is 0.226. The zero-order chi connectivity index (χ0) is 25.9. The van der Waals surface area contributed by atoms with Crippen LogP contribution in [0.3, 0.4) is 0 Å². The second kappa shape index (κ2) is 10.9. The summed E-state index contributed by atoms with van der Waals surface area (Å²) in [6.07, 6.45) is 9.20. The fourth-order valence-corrected chi connectivity index (χ4v) is 6.92. The number of ether oxygens (including phenoxy) is 1. The van der Waals surface area contributed by atoms with Crippen LogP contribution in [0.15, 0.2) is 91.7 Å². The molecule has 3 aromatic rings. The molecule has 1 aromatic heterocycles. The van der Waals surface area contributed by atoms with Crippen LogP contribution in [-0.4, -0.2) is 48.9 Å². The third kappa shape index (κ3) is 5.70. The molecule has 2 aromatic carbocycles. The number of nitrogens with one attached hydrogen (secondary N) is 1. The standard InChI is InChI=1S/C30H34N2O4S/c1-2-24-22-32(21-23-10-4-3-5-11-23)17-15-25(24)20-29(32)30(36-18-8-9-19-37(33,34)35)27-14-16-31-28-13-7-6-12-26(27)28/h2-14,16,24-25,29-30H,1,15,17-22H2/p+1/b9-8+/t24?,25?,29?,30-,32?/m1/s1.